The van der Waals surface area contributed by atoms with Crippen molar-refractivity contribution in [3.05, 3.63) is 53.1 Å². The van der Waals surface area contributed by atoms with Crippen LogP contribution in [0.2, 0.25) is 5.02 Å². The van der Waals surface area contributed by atoms with Crippen molar-refractivity contribution in [1.82, 2.24) is 4.98 Å². The lowest BCUT2D eigenvalue weighted by molar-refractivity contribution is 0.415. The predicted molar refractivity (Wildman–Crippen MR) is 89.7 cm³/mol. The number of nitrogens with zero attached hydrogens (tertiary/aromatic N) is 1. The SMILES string of the molecule is COc1ccc2nc(NC(C)c3cccc(Cl)c3)sc2c1. The highest BCUT2D eigenvalue weighted by Gasteiger charge is 2.10. The number of aromatic nitrogens is 1. The van der Waals surface area contributed by atoms with Crippen LogP contribution in [0.5, 0.6) is 5.75 Å². The molecular weight excluding hydrogens is 304 g/mol. The molecule has 0 aliphatic heterocycles. The average Bonchev–Trinajstić information content (AvgIpc) is 2.88. The van der Waals surface area contributed by atoms with Crippen LogP contribution < -0.4 is 10.1 Å². The number of anilines is 1. The topological polar surface area (TPSA) is 34.1 Å². The Balaban J connectivity index is 1.84. The maximum Gasteiger partial charge on any atom is 0.184 e. The van der Waals surface area contributed by atoms with Gasteiger partial charge in [-0.05, 0) is 42.8 Å². The van der Waals surface area contributed by atoms with Gasteiger partial charge in [0.25, 0.3) is 0 Å². The van der Waals surface area contributed by atoms with E-state index in [0.717, 1.165) is 31.7 Å². The van der Waals surface area contributed by atoms with E-state index in [0.29, 0.717) is 0 Å². The number of thiazole rings is 1. The second-order valence-corrected chi connectivity index (χ2v) is 6.24. The Morgan fingerprint density at radius 3 is 2.86 bits per heavy atom. The highest BCUT2D eigenvalue weighted by molar-refractivity contribution is 7.22. The number of halogens is 1. The first-order valence-corrected chi connectivity index (χ1v) is 7.82. The zero-order valence-electron chi connectivity index (χ0n) is 11.8. The number of hydrogen-bond acceptors (Lipinski definition) is 4. The van der Waals surface area contributed by atoms with Crippen LogP contribution in [0.4, 0.5) is 5.13 Å². The minimum atomic E-state index is 0.145. The second kappa shape index (κ2) is 5.92. The van der Waals surface area contributed by atoms with Crippen LogP contribution in [0.15, 0.2) is 42.5 Å². The van der Waals surface area contributed by atoms with Crippen LogP contribution >= 0.6 is 22.9 Å². The Kier molecular flexibility index (Phi) is 3.99. The minimum Gasteiger partial charge on any atom is -0.497 e. The first kappa shape index (κ1) is 14.2. The fourth-order valence-corrected chi connectivity index (χ4v) is 3.32. The van der Waals surface area contributed by atoms with E-state index < -0.39 is 0 Å². The molecule has 1 aromatic heterocycles. The molecule has 21 heavy (non-hydrogen) atoms. The lowest BCUT2D eigenvalue weighted by Crippen LogP contribution is -2.05. The summed E-state index contributed by atoms with van der Waals surface area (Å²) in [5.41, 5.74) is 2.11. The summed E-state index contributed by atoms with van der Waals surface area (Å²) in [6, 6.07) is 13.9. The van der Waals surface area contributed by atoms with Gasteiger partial charge in [-0.25, -0.2) is 4.98 Å². The molecule has 0 saturated heterocycles. The summed E-state index contributed by atoms with van der Waals surface area (Å²) in [5.74, 6) is 0.848. The lowest BCUT2D eigenvalue weighted by Gasteiger charge is -2.13. The van der Waals surface area contributed by atoms with E-state index in [4.69, 9.17) is 16.3 Å². The molecule has 1 heterocycles. The van der Waals surface area contributed by atoms with Crippen molar-refractivity contribution in [3.8, 4) is 5.75 Å². The summed E-state index contributed by atoms with van der Waals surface area (Å²) in [5, 5.41) is 5.06. The monoisotopic (exact) mass is 318 g/mol. The summed E-state index contributed by atoms with van der Waals surface area (Å²) >= 11 is 7.65. The van der Waals surface area contributed by atoms with Crippen LogP contribution in [0.1, 0.15) is 18.5 Å². The number of fused-ring (bicyclic) bond motifs is 1. The Morgan fingerprint density at radius 1 is 1.24 bits per heavy atom. The summed E-state index contributed by atoms with van der Waals surface area (Å²) < 4.78 is 6.35. The molecule has 0 amide bonds. The van der Waals surface area contributed by atoms with E-state index in [1.54, 1.807) is 18.4 Å². The average molecular weight is 319 g/mol. The van der Waals surface area contributed by atoms with Gasteiger partial charge in [0, 0.05) is 5.02 Å². The Hall–Kier alpha value is -1.78. The minimum absolute atomic E-state index is 0.145. The predicted octanol–water partition coefficient (Wildman–Crippen LogP) is 5.13. The molecule has 3 aromatic rings. The van der Waals surface area contributed by atoms with Crippen molar-refractivity contribution in [2.24, 2.45) is 0 Å². The fourth-order valence-electron chi connectivity index (χ4n) is 2.14. The van der Waals surface area contributed by atoms with Gasteiger partial charge in [0.1, 0.15) is 5.75 Å². The van der Waals surface area contributed by atoms with Gasteiger partial charge in [-0.3, -0.25) is 0 Å². The molecule has 0 fully saturated rings. The molecule has 0 aliphatic rings. The largest absolute Gasteiger partial charge is 0.497 e. The summed E-state index contributed by atoms with van der Waals surface area (Å²) in [7, 11) is 1.67. The molecule has 1 N–H and O–H groups in total. The summed E-state index contributed by atoms with van der Waals surface area (Å²) in [6.45, 7) is 2.10. The van der Waals surface area contributed by atoms with Crippen LogP contribution in [0.3, 0.4) is 0 Å². The normalized spacial score (nSPS) is 12.3. The Bertz CT molecular complexity index is 772. The Morgan fingerprint density at radius 2 is 2.10 bits per heavy atom. The van der Waals surface area contributed by atoms with Gasteiger partial charge in [0.15, 0.2) is 5.13 Å². The number of methoxy groups -OCH3 is 1. The van der Waals surface area contributed by atoms with Crippen molar-refractivity contribution < 1.29 is 4.74 Å². The molecule has 1 atom stereocenters. The molecular formula is C16H15ClN2OS. The number of rotatable bonds is 4. The second-order valence-electron chi connectivity index (χ2n) is 4.77. The molecule has 1 unspecified atom stereocenters. The molecule has 0 spiro atoms. The van der Waals surface area contributed by atoms with E-state index in [1.165, 1.54) is 0 Å². The first-order valence-electron chi connectivity index (χ1n) is 6.62. The maximum atomic E-state index is 6.03. The van der Waals surface area contributed by atoms with Crippen LogP contribution in [0.25, 0.3) is 10.2 Å². The van der Waals surface area contributed by atoms with Crippen LogP contribution in [-0.2, 0) is 0 Å². The fraction of sp³-hybridized carbons (Fsp3) is 0.188. The molecule has 0 bridgehead atoms. The van der Waals surface area contributed by atoms with Gasteiger partial charge in [-0.1, -0.05) is 35.1 Å². The number of benzene rings is 2. The smallest absolute Gasteiger partial charge is 0.184 e. The highest BCUT2D eigenvalue weighted by Crippen LogP contribution is 2.31. The van der Waals surface area contributed by atoms with Gasteiger partial charge < -0.3 is 10.1 Å². The van der Waals surface area contributed by atoms with Gasteiger partial charge in [0.2, 0.25) is 0 Å². The zero-order chi connectivity index (χ0) is 14.8. The molecule has 0 aliphatic carbocycles. The molecule has 108 valence electrons. The van der Waals surface area contributed by atoms with E-state index in [9.17, 15) is 0 Å². The van der Waals surface area contributed by atoms with Gasteiger partial charge >= 0.3 is 0 Å². The molecule has 2 aromatic carbocycles. The molecule has 0 saturated carbocycles. The quantitative estimate of drug-likeness (QED) is 0.724. The Labute approximate surface area is 132 Å². The maximum absolute atomic E-state index is 6.03. The van der Waals surface area contributed by atoms with Crippen molar-refractivity contribution in [3.63, 3.8) is 0 Å². The van der Waals surface area contributed by atoms with Gasteiger partial charge in [0.05, 0.1) is 23.4 Å². The van der Waals surface area contributed by atoms with Gasteiger partial charge in [-0.15, -0.1) is 0 Å². The van der Waals surface area contributed by atoms with E-state index >= 15 is 0 Å². The van der Waals surface area contributed by atoms with Crippen molar-refractivity contribution in [2.45, 2.75) is 13.0 Å². The number of hydrogen-bond donors (Lipinski definition) is 1. The molecule has 3 nitrogen and oxygen atoms in total. The number of ether oxygens (including phenoxy) is 1. The molecule has 5 heteroatoms. The van der Waals surface area contributed by atoms with Crippen molar-refractivity contribution >= 4 is 38.3 Å². The molecule has 3 rings (SSSR count). The first-order chi connectivity index (χ1) is 10.2. The lowest BCUT2D eigenvalue weighted by atomic mass is 10.1. The van der Waals surface area contributed by atoms with Gasteiger partial charge in [-0.2, -0.15) is 0 Å². The number of nitrogens with one attached hydrogen (secondary N) is 1. The zero-order valence-corrected chi connectivity index (χ0v) is 13.3. The third-order valence-corrected chi connectivity index (χ3v) is 4.47. The van der Waals surface area contributed by atoms with E-state index in [-0.39, 0.29) is 6.04 Å². The third kappa shape index (κ3) is 3.12. The standard InChI is InChI=1S/C16H15ClN2OS/c1-10(11-4-3-5-12(17)8-11)18-16-19-14-7-6-13(20-2)9-15(14)21-16/h3-10H,1-2H3,(H,18,19). The van der Waals surface area contributed by atoms with Crippen molar-refractivity contribution in [2.75, 3.05) is 12.4 Å². The van der Waals surface area contributed by atoms with E-state index in [1.807, 2.05) is 36.4 Å². The third-order valence-electron chi connectivity index (χ3n) is 3.28. The van der Waals surface area contributed by atoms with Crippen LogP contribution in [-0.4, -0.2) is 12.1 Å². The van der Waals surface area contributed by atoms with E-state index in [2.05, 4.69) is 23.3 Å². The summed E-state index contributed by atoms with van der Waals surface area (Å²) in [6.07, 6.45) is 0. The highest BCUT2D eigenvalue weighted by atomic mass is 35.5. The van der Waals surface area contributed by atoms with Crippen molar-refractivity contribution in [1.29, 1.82) is 0 Å². The summed E-state index contributed by atoms with van der Waals surface area (Å²) in [4.78, 5) is 4.59. The van der Waals surface area contributed by atoms with Crippen LogP contribution in [0, 0.1) is 0 Å². The molecule has 0 radical (unpaired) electrons.